The lowest BCUT2D eigenvalue weighted by Gasteiger charge is -2.16. The fraction of sp³-hybridized carbons (Fsp3) is 0.333. The Hall–Kier alpha value is -2.18. The number of nitrogens with two attached hydrogens (primary N) is 1. The summed E-state index contributed by atoms with van der Waals surface area (Å²) in [6.07, 6.45) is 1.78. The number of para-hydroxylation sites is 1. The van der Waals surface area contributed by atoms with Gasteiger partial charge in [-0.05, 0) is 30.3 Å². The van der Waals surface area contributed by atoms with Crippen molar-refractivity contribution in [2.24, 2.45) is 0 Å². The molecule has 2 N–H and O–H groups in total. The molecule has 2 aromatic heterocycles. The Balaban J connectivity index is 1.93. The molecule has 0 radical (unpaired) electrons. The average Bonchev–Trinajstić information content (AvgIpc) is 2.90. The predicted molar refractivity (Wildman–Crippen MR) is 101 cm³/mol. The van der Waals surface area contributed by atoms with E-state index in [9.17, 15) is 0 Å². The van der Waals surface area contributed by atoms with E-state index in [0.29, 0.717) is 12.4 Å². The molecule has 1 aromatic carbocycles. The first-order chi connectivity index (χ1) is 11.5. The van der Waals surface area contributed by atoms with Gasteiger partial charge in [-0.25, -0.2) is 9.97 Å². The molecule has 0 unspecified atom stereocenters. The number of nitrogens with zero attached hydrogens (tertiary/aromatic N) is 3. The molecular formula is C18H24N4OSi. The van der Waals surface area contributed by atoms with E-state index < -0.39 is 8.07 Å². The predicted octanol–water partition coefficient (Wildman–Crippen LogP) is 3.99. The van der Waals surface area contributed by atoms with Gasteiger partial charge in [-0.3, -0.25) is 4.57 Å². The summed E-state index contributed by atoms with van der Waals surface area (Å²) in [5.74, 6) is 0.801. The summed E-state index contributed by atoms with van der Waals surface area (Å²) in [5, 5.41) is 0. The van der Waals surface area contributed by atoms with Gasteiger partial charge in [0.15, 0.2) is 5.65 Å². The van der Waals surface area contributed by atoms with Crippen molar-refractivity contribution < 1.29 is 4.74 Å². The van der Waals surface area contributed by atoms with Crippen LogP contribution >= 0.6 is 0 Å². The lowest BCUT2D eigenvalue weighted by Crippen LogP contribution is -2.22. The SMILES string of the molecule is C[Si](C)(C)CCOCn1c(-c2ccccc2N)nc2cccnc21. The van der Waals surface area contributed by atoms with Gasteiger partial charge in [-0.1, -0.05) is 31.8 Å². The van der Waals surface area contributed by atoms with Crippen LogP contribution in [0.2, 0.25) is 25.7 Å². The van der Waals surface area contributed by atoms with Crippen LogP contribution < -0.4 is 5.73 Å². The lowest BCUT2D eigenvalue weighted by molar-refractivity contribution is 0.0906. The molecule has 0 saturated carbocycles. The highest BCUT2D eigenvalue weighted by atomic mass is 28.3. The topological polar surface area (TPSA) is 66.0 Å². The smallest absolute Gasteiger partial charge is 0.162 e. The average molecular weight is 341 g/mol. The van der Waals surface area contributed by atoms with E-state index in [0.717, 1.165) is 35.2 Å². The molecule has 3 aromatic rings. The molecule has 5 nitrogen and oxygen atoms in total. The van der Waals surface area contributed by atoms with Crippen LogP contribution in [-0.2, 0) is 11.5 Å². The number of fused-ring (bicyclic) bond motifs is 1. The Bertz CT molecular complexity index is 838. The summed E-state index contributed by atoms with van der Waals surface area (Å²) in [6.45, 7) is 8.23. The minimum absolute atomic E-state index is 0.432. The van der Waals surface area contributed by atoms with Crippen LogP contribution in [0.4, 0.5) is 5.69 Å². The number of benzene rings is 1. The molecule has 0 aliphatic carbocycles. The van der Waals surface area contributed by atoms with Crippen molar-refractivity contribution >= 4 is 24.9 Å². The van der Waals surface area contributed by atoms with Gasteiger partial charge in [-0.2, -0.15) is 0 Å². The van der Waals surface area contributed by atoms with Crippen molar-refractivity contribution in [3.05, 3.63) is 42.6 Å². The maximum absolute atomic E-state index is 6.15. The third kappa shape index (κ3) is 3.65. The van der Waals surface area contributed by atoms with E-state index >= 15 is 0 Å². The van der Waals surface area contributed by atoms with Gasteiger partial charge < -0.3 is 10.5 Å². The van der Waals surface area contributed by atoms with Crippen molar-refractivity contribution in [1.82, 2.24) is 14.5 Å². The van der Waals surface area contributed by atoms with Crippen molar-refractivity contribution in [2.75, 3.05) is 12.3 Å². The largest absolute Gasteiger partial charge is 0.398 e. The van der Waals surface area contributed by atoms with Gasteiger partial charge in [-0.15, -0.1) is 0 Å². The molecule has 0 fully saturated rings. The van der Waals surface area contributed by atoms with Gasteiger partial charge in [0.1, 0.15) is 18.1 Å². The van der Waals surface area contributed by atoms with Crippen LogP contribution in [0.3, 0.4) is 0 Å². The van der Waals surface area contributed by atoms with E-state index in [-0.39, 0.29) is 0 Å². The highest BCUT2D eigenvalue weighted by Gasteiger charge is 2.16. The molecule has 0 saturated heterocycles. The van der Waals surface area contributed by atoms with Crippen LogP contribution in [-0.4, -0.2) is 29.2 Å². The van der Waals surface area contributed by atoms with E-state index in [1.165, 1.54) is 0 Å². The monoisotopic (exact) mass is 340 g/mol. The second-order valence-corrected chi connectivity index (χ2v) is 12.8. The van der Waals surface area contributed by atoms with Crippen LogP contribution in [0, 0.1) is 0 Å². The molecule has 0 amide bonds. The summed E-state index contributed by atoms with van der Waals surface area (Å²) in [4.78, 5) is 9.19. The molecule has 0 atom stereocenters. The third-order valence-corrected chi connectivity index (χ3v) is 5.63. The minimum Gasteiger partial charge on any atom is -0.398 e. The molecule has 0 spiro atoms. The summed E-state index contributed by atoms with van der Waals surface area (Å²) < 4.78 is 7.95. The highest BCUT2D eigenvalue weighted by molar-refractivity contribution is 6.76. The van der Waals surface area contributed by atoms with Gasteiger partial charge in [0.2, 0.25) is 0 Å². The standard InChI is InChI=1S/C18H24N4OSi/c1-24(2,3)12-11-23-13-22-17(14-7-4-5-8-15(14)19)21-16-9-6-10-20-18(16)22/h4-10H,11-13,19H2,1-3H3. The number of pyridine rings is 1. The maximum atomic E-state index is 6.15. The van der Waals surface area contributed by atoms with E-state index in [4.69, 9.17) is 15.5 Å². The Labute approximate surface area is 143 Å². The first kappa shape index (κ1) is 16.7. The number of hydrogen-bond acceptors (Lipinski definition) is 4. The normalized spacial score (nSPS) is 12.0. The minimum atomic E-state index is -1.10. The van der Waals surface area contributed by atoms with E-state index in [2.05, 4.69) is 24.6 Å². The number of aromatic nitrogens is 3. The fourth-order valence-electron chi connectivity index (χ4n) is 2.52. The van der Waals surface area contributed by atoms with Crippen LogP contribution in [0.15, 0.2) is 42.6 Å². The van der Waals surface area contributed by atoms with Crippen LogP contribution in [0.1, 0.15) is 0 Å². The van der Waals surface area contributed by atoms with E-state index in [1.807, 2.05) is 41.0 Å². The van der Waals surface area contributed by atoms with Crippen LogP contribution in [0.5, 0.6) is 0 Å². The number of nitrogen functional groups attached to an aromatic ring is 1. The van der Waals surface area contributed by atoms with Gasteiger partial charge in [0.25, 0.3) is 0 Å². The number of rotatable bonds is 6. The fourth-order valence-corrected chi connectivity index (χ4v) is 3.28. The number of hydrogen-bond donors (Lipinski definition) is 1. The number of imidazole rings is 1. The first-order valence-electron chi connectivity index (χ1n) is 8.19. The molecular weight excluding hydrogens is 316 g/mol. The Morgan fingerprint density at radius 1 is 1.12 bits per heavy atom. The summed E-state index contributed by atoms with van der Waals surface area (Å²) in [6, 6.07) is 12.8. The summed E-state index contributed by atoms with van der Waals surface area (Å²) in [7, 11) is -1.10. The molecule has 24 heavy (non-hydrogen) atoms. The van der Waals surface area contributed by atoms with E-state index in [1.54, 1.807) is 6.20 Å². The Morgan fingerprint density at radius 3 is 2.67 bits per heavy atom. The maximum Gasteiger partial charge on any atom is 0.162 e. The summed E-state index contributed by atoms with van der Waals surface area (Å²) >= 11 is 0. The van der Waals surface area contributed by atoms with Crippen molar-refractivity contribution in [3.63, 3.8) is 0 Å². The van der Waals surface area contributed by atoms with Gasteiger partial charge in [0.05, 0.1) is 0 Å². The second-order valence-electron chi connectivity index (χ2n) is 7.14. The molecule has 126 valence electrons. The molecule has 6 heteroatoms. The zero-order valence-electron chi connectivity index (χ0n) is 14.5. The lowest BCUT2D eigenvalue weighted by atomic mass is 10.2. The third-order valence-electron chi connectivity index (χ3n) is 3.92. The summed E-state index contributed by atoms with van der Waals surface area (Å²) in [5.41, 5.74) is 9.43. The van der Waals surface area contributed by atoms with Crippen LogP contribution in [0.25, 0.3) is 22.6 Å². The Kier molecular flexibility index (Phi) is 4.68. The zero-order valence-corrected chi connectivity index (χ0v) is 15.5. The molecule has 0 bridgehead atoms. The second kappa shape index (κ2) is 6.74. The Morgan fingerprint density at radius 2 is 1.92 bits per heavy atom. The van der Waals surface area contributed by atoms with Crippen molar-refractivity contribution in [3.8, 4) is 11.4 Å². The molecule has 3 rings (SSSR count). The molecule has 0 aliphatic rings. The first-order valence-corrected chi connectivity index (χ1v) is 11.9. The van der Waals surface area contributed by atoms with Gasteiger partial charge >= 0.3 is 0 Å². The van der Waals surface area contributed by atoms with Crippen molar-refractivity contribution in [1.29, 1.82) is 0 Å². The van der Waals surface area contributed by atoms with Crippen molar-refractivity contribution in [2.45, 2.75) is 32.4 Å². The molecule has 2 heterocycles. The molecule has 0 aliphatic heterocycles. The zero-order chi connectivity index (χ0) is 17.2. The van der Waals surface area contributed by atoms with Gasteiger partial charge in [0, 0.05) is 32.1 Å². The number of anilines is 1. The number of ether oxygens (including phenoxy) is 1. The quantitative estimate of drug-likeness (QED) is 0.418. The highest BCUT2D eigenvalue weighted by Crippen LogP contribution is 2.28.